The van der Waals surface area contributed by atoms with E-state index in [4.69, 9.17) is 0 Å². The highest BCUT2D eigenvalue weighted by Gasteiger charge is 2.33. The third kappa shape index (κ3) is 4.67. The molecular formula is C20H24N3O2+. The van der Waals surface area contributed by atoms with Gasteiger partial charge in [0.25, 0.3) is 5.91 Å². The summed E-state index contributed by atoms with van der Waals surface area (Å²) in [4.78, 5) is 26.8. The highest BCUT2D eigenvalue weighted by Crippen LogP contribution is 2.11. The zero-order valence-corrected chi connectivity index (χ0v) is 14.4. The van der Waals surface area contributed by atoms with Gasteiger partial charge in [-0.05, 0) is 24.6 Å². The minimum Gasteiger partial charge on any atom is -0.334 e. The quantitative estimate of drug-likeness (QED) is 0.863. The Morgan fingerprint density at radius 1 is 1.16 bits per heavy atom. The molecule has 2 aromatic rings. The lowest BCUT2D eigenvalue weighted by atomic mass is 10.1. The standard InChI is InChI=1S/C20H23N3O2/c1-15-7-9-17(10-8-15)22-19(24)13-18-20(25)23(12-11-21-18)14-16-5-3-2-4-6-16/h2-10,18,21H,11-14H2,1H3,(H,22,24)/p+1/t18-/m1/s1. The number of hydrogen-bond donors (Lipinski definition) is 2. The predicted octanol–water partition coefficient (Wildman–Crippen LogP) is 1.30. The number of nitrogens with zero attached hydrogens (tertiary/aromatic N) is 1. The first-order chi connectivity index (χ1) is 12.1. The summed E-state index contributed by atoms with van der Waals surface area (Å²) in [5, 5.41) is 4.84. The van der Waals surface area contributed by atoms with E-state index >= 15 is 0 Å². The number of quaternary nitrogens is 1. The Bertz CT molecular complexity index is 728. The Kier molecular flexibility index (Phi) is 5.46. The van der Waals surface area contributed by atoms with Crippen LogP contribution < -0.4 is 10.6 Å². The average molecular weight is 338 g/mol. The van der Waals surface area contributed by atoms with E-state index < -0.39 is 0 Å². The molecule has 2 amide bonds. The molecule has 2 aromatic carbocycles. The van der Waals surface area contributed by atoms with E-state index in [1.807, 2.05) is 71.7 Å². The molecule has 0 spiro atoms. The van der Waals surface area contributed by atoms with Gasteiger partial charge in [-0.3, -0.25) is 9.59 Å². The van der Waals surface area contributed by atoms with Gasteiger partial charge in [0.05, 0.1) is 19.5 Å². The molecule has 3 rings (SSSR count). The molecule has 0 bridgehead atoms. The minimum atomic E-state index is -0.345. The first-order valence-corrected chi connectivity index (χ1v) is 8.64. The molecule has 130 valence electrons. The lowest BCUT2D eigenvalue weighted by Gasteiger charge is -2.30. The molecule has 0 aromatic heterocycles. The lowest BCUT2D eigenvalue weighted by Crippen LogP contribution is -2.96. The second-order valence-corrected chi connectivity index (χ2v) is 6.49. The first kappa shape index (κ1) is 17.2. The van der Waals surface area contributed by atoms with Crippen LogP contribution in [-0.4, -0.2) is 35.8 Å². The van der Waals surface area contributed by atoms with Gasteiger partial charge in [0, 0.05) is 12.2 Å². The number of anilines is 1. The summed E-state index contributed by atoms with van der Waals surface area (Å²) in [6.07, 6.45) is 0.192. The number of carbonyl (C=O) groups excluding carboxylic acids is 2. The summed E-state index contributed by atoms with van der Waals surface area (Å²) in [5.41, 5.74) is 3.02. The van der Waals surface area contributed by atoms with Crippen LogP contribution >= 0.6 is 0 Å². The molecule has 1 fully saturated rings. The van der Waals surface area contributed by atoms with E-state index in [1.165, 1.54) is 0 Å². The highest BCUT2D eigenvalue weighted by molar-refractivity contribution is 5.94. The van der Waals surface area contributed by atoms with Crippen molar-refractivity contribution in [3.8, 4) is 0 Å². The molecule has 1 aliphatic heterocycles. The van der Waals surface area contributed by atoms with Gasteiger partial charge in [-0.25, -0.2) is 0 Å². The molecule has 1 heterocycles. The summed E-state index contributed by atoms with van der Waals surface area (Å²) >= 11 is 0. The third-order valence-electron chi connectivity index (χ3n) is 4.44. The molecule has 3 N–H and O–H groups in total. The number of benzene rings is 2. The molecule has 1 atom stereocenters. The maximum atomic E-state index is 12.7. The summed E-state index contributed by atoms with van der Waals surface area (Å²) in [6.45, 7) is 4.14. The smallest absolute Gasteiger partial charge is 0.281 e. The Balaban J connectivity index is 1.57. The Morgan fingerprint density at radius 2 is 1.88 bits per heavy atom. The van der Waals surface area contributed by atoms with Crippen molar-refractivity contribution in [1.29, 1.82) is 0 Å². The maximum Gasteiger partial charge on any atom is 0.281 e. The zero-order chi connectivity index (χ0) is 17.6. The summed E-state index contributed by atoms with van der Waals surface area (Å²) < 4.78 is 0. The van der Waals surface area contributed by atoms with Gasteiger partial charge >= 0.3 is 0 Å². The summed E-state index contributed by atoms with van der Waals surface area (Å²) in [5.74, 6) is -0.0887. The van der Waals surface area contributed by atoms with E-state index in [0.717, 1.165) is 23.4 Å². The first-order valence-electron chi connectivity index (χ1n) is 8.64. The summed E-state index contributed by atoms with van der Waals surface area (Å²) in [6, 6.07) is 17.3. The van der Waals surface area contributed by atoms with Gasteiger partial charge in [-0.2, -0.15) is 0 Å². The number of rotatable bonds is 5. The zero-order valence-electron chi connectivity index (χ0n) is 14.4. The topological polar surface area (TPSA) is 66.0 Å². The van der Waals surface area contributed by atoms with E-state index in [-0.39, 0.29) is 24.3 Å². The van der Waals surface area contributed by atoms with Crippen LogP contribution in [0.3, 0.4) is 0 Å². The average Bonchev–Trinajstić information content (AvgIpc) is 2.61. The molecule has 1 aliphatic rings. The highest BCUT2D eigenvalue weighted by atomic mass is 16.2. The van der Waals surface area contributed by atoms with Crippen LogP contribution in [0.25, 0.3) is 0 Å². The molecule has 0 unspecified atom stereocenters. The molecule has 0 saturated carbocycles. The second kappa shape index (κ2) is 7.94. The fourth-order valence-electron chi connectivity index (χ4n) is 3.06. The molecule has 5 nitrogen and oxygen atoms in total. The van der Waals surface area contributed by atoms with Crippen LogP contribution in [0.2, 0.25) is 0 Å². The minimum absolute atomic E-state index is 0.0363. The second-order valence-electron chi connectivity index (χ2n) is 6.49. The summed E-state index contributed by atoms with van der Waals surface area (Å²) in [7, 11) is 0. The van der Waals surface area contributed by atoms with Crippen molar-refractivity contribution in [2.24, 2.45) is 0 Å². The number of amides is 2. The molecule has 5 heteroatoms. The van der Waals surface area contributed by atoms with Crippen molar-refractivity contribution in [1.82, 2.24) is 4.90 Å². The van der Waals surface area contributed by atoms with Gasteiger partial charge in [-0.15, -0.1) is 0 Å². The van der Waals surface area contributed by atoms with Crippen molar-refractivity contribution in [3.63, 3.8) is 0 Å². The van der Waals surface area contributed by atoms with E-state index in [2.05, 4.69) is 5.32 Å². The van der Waals surface area contributed by atoms with Crippen LogP contribution in [0.15, 0.2) is 54.6 Å². The van der Waals surface area contributed by atoms with Crippen LogP contribution in [0, 0.1) is 6.92 Å². The number of carbonyl (C=O) groups is 2. The van der Waals surface area contributed by atoms with Crippen molar-refractivity contribution >= 4 is 17.5 Å². The van der Waals surface area contributed by atoms with E-state index in [9.17, 15) is 9.59 Å². The number of hydrogen-bond acceptors (Lipinski definition) is 2. The monoisotopic (exact) mass is 338 g/mol. The Hall–Kier alpha value is -2.66. The van der Waals surface area contributed by atoms with Gasteiger partial charge in [0.2, 0.25) is 5.91 Å². The largest absolute Gasteiger partial charge is 0.334 e. The molecule has 0 radical (unpaired) electrons. The van der Waals surface area contributed by atoms with Crippen molar-refractivity contribution in [2.45, 2.75) is 25.9 Å². The number of aryl methyl sites for hydroxylation is 1. The SMILES string of the molecule is Cc1ccc(NC(=O)C[C@H]2[NH2+]CCN(Cc3ccccc3)C2=O)cc1. The van der Waals surface area contributed by atoms with Crippen molar-refractivity contribution in [3.05, 3.63) is 65.7 Å². The lowest BCUT2D eigenvalue weighted by molar-refractivity contribution is -0.682. The van der Waals surface area contributed by atoms with Crippen LogP contribution in [0.4, 0.5) is 5.69 Å². The van der Waals surface area contributed by atoms with Crippen LogP contribution in [0.5, 0.6) is 0 Å². The number of nitrogens with two attached hydrogens (primary N) is 1. The third-order valence-corrected chi connectivity index (χ3v) is 4.44. The fraction of sp³-hybridized carbons (Fsp3) is 0.300. The Morgan fingerprint density at radius 3 is 2.60 bits per heavy atom. The number of piperazine rings is 1. The van der Waals surface area contributed by atoms with Gasteiger partial charge < -0.3 is 15.5 Å². The molecule has 0 aliphatic carbocycles. The predicted molar refractivity (Wildman–Crippen MR) is 96.9 cm³/mol. The fourth-order valence-corrected chi connectivity index (χ4v) is 3.06. The van der Waals surface area contributed by atoms with Gasteiger partial charge in [-0.1, -0.05) is 48.0 Å². The van der Waals surface area contributed by atoms with Gasteiger partial charge in [0.1, 0.15) is 0 Å². The molecule has 25 heavy (non-hydrogen) atoms. The van der Waals surface area contributed by atoms with Crippen molar-refractivity contribution < 1.29 is 14.9 Å². The Labute approximate surface area is 148 Å². The van der Waals surface area contributed by atoms with Crippen molar-refractivity contribution in [2.75, 3.05) is 18.4 Å². The van der Waals surface area contributed by atoms with Crippen LogP contribution in [0.1, 0.15) is 17.5 Å². The van der Waals surface area contributed by atoms with Gasteiger partial charge in [0.15, 0.2) is 6.04 Å². The van der Waals surface area contributed by atoms with E-state index in [0.29, 0.717) is 13.1 Å². The normalized spacial score (nSPS) is 17.4. The maximum absolute atomic E-state index is 12.7. The molecular weight excluding hydrogens is 314 g/mol. The molecule has 1 saturated heterocycles. The van der Waals surface area contributed by atoms with Crippen LogP contribution in [-0.2, 0) is 16.1 Å². The van der Waals surface area contributed by atoms with E-state index in [1.54, 1.807) is 0 Å². The number of nitrogens with one attached hydrogen (secondary N) is 1.